The number of aromatic nitrogens is 2. The van der Waals surface area contributed by atoms with E-state index in [1.165, 1.54) is 6.07 Å². The van der Waals surface area contributed by atoms with Crippen molar-refractivity contribution in [2.24, 2.45) is 0 Å². The number of fused-ring (bicyclic) bond motifs is 1. The van der Waals surface area contributed by atoms with Gasteiger partial charge < -0.3 is 10.2 Å². The number of likely N-dealkylation sites (N-methyl/N-ethyl adjacent to an activating group) is 1. The molecule has 1 amide bonds. The van der Waals surface area contributed by atoms with Gasteiger partial charge in [-0.05, 0) is 51.3 Å². The quantitative estimate of drug-likeness (QED) is 0.931. The van der Waals surface area contributed by atoms with E-state index in [-0.39, 0.29) is 11.7 Å². The monoisotopic (exact) mass is 342 g/mol. The lowest BCUT2D eigenvalue weighted by atomic mass is 10.0. The molecule has 132 valence electrons. The van der Waals surface area contributed by atoms with Gasteiger partial charge in [0.2, 0.25) is 0 Å². The average Bonchev–Trinajstić information content (AvgIpc) is 3.24. The van der Waals surface area contributed by atoms with Gasteiger partial charge in [-0.15, -0.1) is 0 Å². The number of carbonyl (C=O) groups is 1. The first kappa shape index (κ1) is 16.3. The number of amides is 1. The molecule has 1 N–H and O–H groups in total. The lowest BCUT2D eigenvalue weighted by Gasteiger charge is -2.32. The van der Waals surface area contributed by atoms with Gasteiger partial charge in [0.05, 0.1) is 0 Å². The van der Waals surface area contributed by atoms with Crippen LogP contribution in [0.25, 0.3) is 5.69 Å². The molecule has 1 unspecified atom stereocenters. The summed E-state index contributed by atoms with van der Waals surface area (Å²) in [5.41, 5.74) is 2.91. The molecule has 0 spiro atoms. The average molecular weight is 342 g/mol. The van der Waals surface area contributed by atoms with E-state index in [0.29, 0.717) is 24.0 Å². The summed E-state index contributed by atoms with van der Waals surface area (Å²) < 4.78 is 15.9. The Hall–Kier alpha value is -2.21. The number of likely N-dealkylation sites (tertiary alicyclic amines) is 1. The number of benzene rings is 1. The first-order valence-corrected chi connectivity index (χ1v) is 9.01. The number of hydrogen-bond donors (Lipinski definition) is 1. The van der Waals surface area contributed by atoms with Gasteiger partial charge in [-0.2, -0.15) is 5.10 Å². The molecule has 1 aromatic heterocycles. The van der Waals surface area contributed by atoms with Crippen molar-refractivity contribution in [1.29, 1.82) is 0 Å². The van der Waals surface area contributed by atoms with Crippen LogP contribution in [-0.2, 0) is 12.8 Å². The van der Waals surface area contributed by atoms with Crippen molar-refractivity contribution in [3.63, 3.8) is 0 Å². The zero-order valence-corrected chi connectivity index (χ0v) is 14.5. The summed E-state index contributed by atoms with van der Waals surface area (Å²) in [7, 11) is 1.93. The minimum atomic E-state index is -0.313. The van der Waals surface area contributed by atoms with Crippen LogP contribution in [0.3, 0.4) is 0 Å². The Balaban J connectivity index is 1.70. The fourth-order valence-corrected chi connectivity index (χ4v) is 3.98. The number of carbonyl (C=O) groups excluding carboxylic acids is 1. The van der Waals surface area contributed by atoms with E-state index >= 15 is 0 Å². The molecule has 2 aliphatic rings. The predicted octanol–water partition coefficient (Wildman–Crippen LogP) is 2.32. The van der Waals surface area contributed by atoms with E-state index in [1.807, 2.05) is 11.9 Å². The van der Waals surface area contributed by atoms with Crippen LogP contribution in [0.2, 0.25) is 0 Å². The molecular formula is C19H23FN4O. The van der Waals surface area contributed by atoms with Gasteiger partial charge in [0.15, 0.2) is 5.69 Å². The second kappa shape index (κ2) is 6.59. The SMILES string of the molecule is CNC1CCCN(C(=O)c2nn(-c3ccccc3F)c3c2CCC3)C1. The second-order valence-electron chi connectivity index (χ2n) is 6.87. The summed E-state index contributed by atoms with van der Waals surface area (Å²) >= 11 is 0. The van der Waals surface area contributed by atoms with Gasteiger partial charge in [0, 0.05) is 30.4 Å². The molecule has 4 rings (SSSR count). The highest BCUT2D eigenvalue weighted by Crippen LogP contribution is 2.29. The predicted molar refractivity (Wildman–Crippen MR) is 93.5 cm³/mol. The molecule has 2 heterocycles. The molecule has 1 aliphatic carbocycles. The zero-order valence-electron chi connectivity index (χ0n) is 14.5. The highest BCUT2D eigenvalue weighted by Gasteiger charge is 2.32. The van der Waals surface area contributed by atoms with Crippen LogP contribution in [0.1, 0.15) is 41.0 Å². The highest BCUT2D eigenvalue weighted by atomic mass is 19.1. The Morgan fingerprint density at radius 2 is 2.12 bits per heavy atom. The van der Waals surface area contributed by atoms with Gasteiger partial charge in [-0.25, -0.2) is 9.07 Å². The first-order valence-electron chi connectivity index (χ1n) is 9.01. The minimum Gasteiger partial charge on any atom is -0.336 e. The molecule has 1 aliphatic heterocycles. The summed E-state index contributed by atoms with van der Waals surface area (Å²) in [5.74, 6) is -0.333. The number of hydrogen-bond acceptors (Lipinski definition) is 3. The summed E-state index contributed by atoms with van der Waals surface area (Å²) in [5, 5.41) is 7.82. The largest absolute Gasteiger partial charge is 0.336 e. The molecule has 1 aromatic carbocycles. The van der Waals surface area contributed by atoms with Crippen LogP contribution in [0.5, 0.6) is 0 Å². The third kappa shape index (κ3) is 2.84. The Bertz CT molecular complexity index is 801. The van der Waals surface area contributed by atoms with Crippen molar-refractivity contribution in [3.05, 3.63) is 47.0 Å². The number of piperidine rings is 1. The van der Waals surface area contributed by atoms with Crippen molar-refractivity contribution in [1.82, 2.24) is 20.0 Å². The third-order valence-electron chi connectivity index (χ3n) is 5.33. The summed E-state index contributed by atoms with van der Waals surface area (Å²) in [6.45, 7) is 1.47. The molecule has 2 aromatic rings. The van der Waals surface area contributed by atoms with E-state index in [9.17, 15) is 9.18 Å². The summed E-state index contributed by atoms with van der Waals surface area (Å²) in [4.78, 5) is 15.0. The number of para-hydroxylation sites is 1. The molecule has 0 saturated carbocycles. The molecule has 6 heteroatoms. The van der Waals surface area contributed by atoms with E-state index < -0.39 is 0 Å². The molecule has 0 bridgehead atoms. The number of halogens is 1. The van der Waals surface area contributed by atoms with E-state index in [1.54, 1.807) is 22.9 Å². The van der Waals surface area contributed by atoms with Crippen molar-refractivity contribution < 1.29 is 9.18 Å². The zero-order chi connectivity index (χ0) is 17.4. The van der Waals surface area contributed by atoms with Crippen LogP contribution in [0.15, 0.2) is 24.3 Å². The maximum atomic E-state index is 14.2. The van der Waals surface area contributed by atoms with Crippen molar-refractivity contribution >= 4 is 5.91 Å². The fourth-order valence-electron chi connectivity index (χ4n) is 3.98. The van der Waals surface area contributed by atoms with Crippen LogP contribution >= 0.6 is 0 Å². The molecule has 1 fully saturated rings. The highest BCUT2D eigenvalue weighted by molar-refractivity contribution is 5.94. The first-order chi connectivity index (χ1) is 12.2. The van der Waals surface area contributed by atoms with Crippen LogP contribution in [0, 0.1) is 5.82 Å². The maximum absolute atomic E-state index is 14.2. The van der Waals surface area contributed by atoms with Crippen LogP contribution in [0.4, 0.5) is 4.39 Å². The van der Waals surface area contributed by atoms with Crippen LogP contribution < -0.4 is 5.32 Å². The van der Waals surface area contributed by atoms with E-state index in [2.05, 4.69) is 10.4 Å². The van der Waals surface area contributed by atoms with Gasteiger partial charge in [0.1, 0.15) is 11.5 Å². The number of nitrogens with zero attached hydrogens (tertiary/aromatic N) is 3. The Kier molecular flexibility index (Phi) is 4.29. The van der Waals surface area contributed by atoms with Crippen molar-refractivity contribution in [2.75, 3.05) is 20.1 Å². The smallest absolute Gasteiger partial charge is 0.274 e. The standard InChI is InChI=1S/C19H23FN4O/c1-21-13-6-5-11-23(12-13)19(25)18-14-7-4-10-16(14)24(22-18)17-9-3-2-8-15(17)20/h2-3,8-9,13,21H,4-7,10-12H2,1H3. The molecule has 0 radical (unpaired) electrons. The number of nitrogens with one attached hydrogen (secondary N) is 1. The van der Waals surface area contributed by atoms with E-state index in [4.69, 9.17) is 0 Å². The maximum Gasteiger partial charge on any atom is 0.274 e. The Labute approximate surface area is 146 Å². The van der Waals surface area contributed by atoms with Gasteiger partial charge in [0.25, 0.3) is 5.91 Å². The van der Waals surface area contributed by atoms with Crippen LogP contribution in [-0.4, -0.2) is 46.8 Å². The molecule has 1 saturated heterocycles. The molecule has 1 atom stereocenters. The normalized spacial score (nSPS) is 19.9. The van der Waals surface area contributed by atoms with Gasteiger partial charge in [-0.1, -0.05) is 12.1 Å². The molecular weight excluding hydrogens is 319 g/mol. The van der Waals surface area contributed by atoms with Crippen molar-refractivity contribution in [2.45, 2.75) is 38.1 Å². The van der Waals surface area contributed by atoms with Gasteiger partial charge >= 0.3 is 0 Å². The lowest BCUT2D eigenvalue weighted by molar-refractivity contribution is 0.0690. The topological polar surface area (TPSA) is 50.2 Å². The summed E-state index contributed by atoms with van der Waals surface area (Å²) in [6.07, 6.45) is 4.74. The fraction of sp³-hybridized carbons (Fsp3) is 0.474. The second-order valence-corrected chi connectivity index (χ2v) is 6.87. The third-order valence-corrected chi connectivity index (χ3v) is 5.33. The lowest BCUT2D eigenvalue weighted by Crippen LogP contribution is -2.47. The number of rotatable bonds is 3. The van der Waals surface area contributed by atoms with Crippen molar-refractivity contribution in [3.8, 4) is 5.69 Å². The Morgan fingerprint density at radius 1 is 1.28 bits per heavy atom. The molecule has 5 nitrogen and oxygen atoms in total. The molecule has 25 heavy (non-hydrogen) atoms. The Morgan fingerprint density at radius 3 is 2.92 bits per heavy atom. The van der Waals surface area contributed by atoms with E-state index in [0.717, 1.165) is 49.9 Å². The van der Waals surface area contributed by atoms with Gasteiger partial charge in [-0.3, -0.25) is 4.79 Å². The minimum absolute atomic E-state index is 0.0202. The summed E-state index contributed by atoms with van der Waals surface area (Å²) in [6, 6.07) is 6.94.